The molecule has 5 heteroatoms. The second-order valence-electron chi connectivity index (χ2n) is 6.60. The second kappa shape index (κ2) is 11.0. The fraction of sp³-hybridized carbons (Fsp3) is 0.600. The van der Waals surface area contributed by atoms with E-state index in [1.54, 1.807) is 0 Å². The van der Waals surface area contributed by atoms with Gasteiger partial charge in [0.1, 0.15) is 6.10 Å². The zero-order chi connectivity index (χ0) is 17.9. The minimum Gasteiger partial charge on any atom is -0.370 e. The van der Waals surface area contributed by atoms with Crippen LogP contribution in [0.4, 0.5) is 0 Å². The number of carbonyl (C=O) groups excluding carboxylic acids is 2. The molecule has 25 heavy (non-hydrogen) atoms. The molecule has 1 aromatic carbocycles. The number of amides is 1. The summed E-state index contributed by atoms with van der Waals surface area (Å²) < 4.78 is 5.51. The van der Waals surface area contributed by atoms with Gasteiger partial charge in [-0.2, -0.15) is 0 Å². The van der Waals surface area contributed by atoms with E-state index in [2.05, 4.69) is 12.4 Å². The molecule has 0 spiro atoms. The van der Waals surface area contributed by atoms with E-state index >= 15 is 0 Å². The van der Waals surface area contributed by atoms with E-state index in [1.807, 2.05) is 30.3 Å². The average Bonchev–Trinajstić information content (AvgIpc) is 3.16. The first-order chi connectivity index (χ1) is 12.2. The fourth-order valence-electron chi connectivity index (χ4n) is 3.09. The Morgan fingerprint density at radius 2 is 2.08 bits per heavy atom. The Bertz CT molecular complexity index is 526. The van der Waals surface area contributed by atoms with Crippen LogP contribution in [-0.4, -0.2) is 24.4 Å². The topological polar surface area (TPSA) is 64.6 Å². The SMILES string of the molecule is CCCCC[C@H](CC(=O)NOCc1ccccc1)C(=O)C1CCCO1. The van der Waals surface area contributed by atoms with E-state index in [0.29, 0.717) is 13.2 Å². The van der Waals surface area contributed by atoms with E-state index in [1.165, 1.54) is 0 Å². The molecule has 2 rings (SSSR count). The number of unbranched alkanes of at least 4 members (excludes halogenated alkanes) is 2. The molecule has 0 aliphatic carbocycles. The molecule has 138 valence electrons. The van der Waals surface area contributed by atoms with E-state index in [0.717, 1.165) is 44.1 Å². The van der Waals surface area contributed by atoms with Gasteiger partial charge in [-0.05, 0) is 24.8 Å². The van der Waals surface area contributed by atoms with E-state index in [-0.39, 0.29) is 30.1 Å². The lowest BCUT2D eigenvalue weighted by atomic mass is 9.89. The van der Waals surface area contributed by atoms with Crippen LogP contribution in [0, 0.1) is 5.92 Å². The lowest BCUT2D eigenvalue weighted by Gasteiger charge is -2.19. The molecule has 1 fully saturated rings. The first-order valence-corrected chi connectivity index (χ1v) is 9.30. The number of rotatable bonds is 11. The van der Waals surface area contributed by atoms with Crippen LogP contribution < -0.4 is 5.48 Å². The van der Waals surface area contributed by atoms with Crippen molar-refractivity contribution in [2.75, 3.05) is 6.61 Å². The monoisotopic (exact) mass is 347 g/mol. The van der Waals surface area contributed by atoms with Crippen molar-refractivity contribution >= 4 is 11.7 Å². The molecule has 0 bridgehead atoms. The maximum absolute atomic E-state index is 12.6. The van der Waals surface area contributed by atoms with Crippen LogP contribution in [0.25, 0.3) is 0 Å². The van der Waals surface area contributed by atoms with Crippen molar-refractivity contribution in [2.24, 2.45) is 5.92 Å². The Labute approximate surface area is 150 Å². The minimum atomic E-state index is -0.329. The van der Waals surface area contributed by atoms with Crippen LogP contribution in [0.15, 0.2) is 30.3 Å². The van der Waals surface area contributed by atoms with Gasteiger partial charge in [-0.3, -0.25) is 14.4 Å². The molecule has 1 N–H and O–H groups in total. The molecule has 1 aliphatic heterocycles. The summed E-state index contributed by atoms with van der Waals surface area (Å²) in [6.45, 7) is 3.08. The van der Waals surface area contributed by atoms with Gasteiger partial charge in [0.2, 0.25) is 5.91 Å². The van der Waals surface area contributed by atoms with E-state index in [4.69, 9.17) is 9.57 Å². The minimum absolute atomic E-state index is 0.0758. The summed E-state index contributed by atoms with van der Waals surface area (Å²) in [7, 11) is 0. The molecule has 2 atom stereocenters. The van der Waals surface area contributed by atoms with Crippen LogP contribution in [-0.2, 0) is 25.8 Å². The Morgan fingerprint density at radius 1 is 1.28 bits per heavy atom. The lowest BCUT2D eigenvalue weighted by Crippen LogP contribution is -2.33. The standard InChI is InChI=1S/C20H29NO4/c1-2-3-5-11-17(20(23)18-12-8-13-24-18)14-19(22)21-25-15-16-9-6-4-7-10-16/h4,6-7,9-10,17-18H,2-3,5,8,11-15H2,1H3,(H,21,22)/t17-,18?/m1/s1. The summed E-state index contributed by atoms with van der Waals surface area (Å²) in [4.78, 5) is 30.1. The zero-order valence-electron chi connectivity index (χ0n) is 15.0. The van der Waals surface area contributed by atoms with Crippen LogP contribution >= 0.6 is 0 Å². The van der Waals surface area contributed by atoms with Gasteiger partial charge in [0, 0.05) is 18.9 Å². The third-order valence-corrected chi connectivity index (χ3v) is 4.50. The summed E-state index contributed by atoms with van der Waals surface area (Å²) in [5.74, 6) is -0.453. The summed E-state index contributed by atoms with van der Waals surface area (Å²) in [5.41, 5.74) is 3.45. The van der Waals surface area contributed by atoms with Crippen LogP contribution in [0.3, 0.4) is 0 Å². The van der Waals surface area contributed by atoms with E-state index in [9.17, 15) is 9.59 Å². The van der Waals surface area contributed by atoms with Gasteiger partial charge in [0.15, 0.2) is 5.78 Å². The van der Waals surface area contributed by atoms with Gasteiger partial charge in [0.25, 0.3) is 0 Å². The van der Waals surface area contributed by atoms with Gasteiger partial charge in [-0.25, -0.2) is 5.48 Å². The van der Waals surface area contributed by atoms with Crippen LogP contribution in [0.2, 0.25) is 0 Å². The third-order valence-electron chi connectivity index (χ3n) is 4.50. The third kappa shape index (κ3) is 6.96. The summed E-state index contributed by atoms with van der Waals surface area (Å²) in [6.07, 6.45) is 5.38. The van der Waals surface area contributed by atoms with Crippen molar-refractivity contribution in [1.29, 1.82) is 0 Å². The second-order valence-corrected chi connectivity index (χ2v) is 6.60. The number of ether oxygens (including phenoxy) is 1. The number of Topliss-reactive ketones (excluding diaryl/α,β-unsaturated/α-hetero) is 1. The maximum atomic E-state index is 12.6. The molecule has 1 saturated heterocycles. The lowest BCUT2D eigenvalue weighted by molar-refractivity contribution is -0.141. The van der Waals surface area contributed by atoms with Crippen molar-refractivity contribution in [2.45, 2.75) is 64.6 Å². The Kier molecular flexibility index (Phi) is 8.63. The summed E-state index contributed by atoms with van der Waals surface area (Å²) in [5, 5.41) is 0. The van der Waals surface area contributed by atoms with Crippen molar-refractivity contribution in [3.8, 4) is 0 Å². The van der Waals surface area contributed by atoms with Gasteiger partial charge in [-0.1, -0.05) is 56.5 Å². The summed E-state index contributed by atoms with van der Waals surface area (Å²) in [6, 6.07) is 9.64. The number of nitrogens with one attached hydrogen (secondary N) is 1. The first kappa shape index (κ1) is 19.6. The molecule has 5 nitrogen and oxygen atoms in total. The molecular formula is C20H29NO4. The van der Waals surface area contributed by atoms with E-state index < -0.39 is 0 Å². The number of hydrogen-bond donors (Lipinski definition) is 1. The van der Waals surface area contributed by atoms with Crippen molar-refractivity contribution < 1.29 is 19.2 Å². The molecule has 1 unspecified atom stereocenters. The highest BCUT2D eigenvalue weighted by Gasteiger charge is 2.31. The Hall–Kier alpha value is -1.72. The molecule has 1 aliphatic rings. The summed E-state index contributed by atoms with van der Waals surface area (Å²) >= 11 is 0. The zero-order valence-corrected chi connectivity index (χ0v) is 15.0. The van der Waals surface area contributed by atoms with Crippen LogP contribution in [0.5, 0.6) is 0 Å². The van der Waals surface area contributed by atoms with Gasteiger partial charge in [-0.15, -0.1) is 0 Å². The molecule has 0 aromatic heterocycles. The molecular weight excluding hydrogens is 318 g/mol. The maximum Gasteiger partial charge on any atom is 0.244 e. The van der Waals surface area contributed by atoms with Crippen molar-refractivity contribution in [3.05, 3.63) is 35.9 Å². The normalized spacial score (nSPS) is 18.0. The van der Waals surface area contributed by atoms with Crippen molar-refractivity contribution in [3.63, 3.8) is 0 Å². The quantitative estimate of drug-likeness (QED) is 0.491. The number of benzene rings is 1. The molecule has 0 saturated carbocycles. The van der Waals surface area contributed by atoms with Gasteiger partial charge >= 0.3 is 0 Å². The smallest absolute Gasteiger partial charge is 0.244 e. The first-order valence-electron chi connectivity index (χ1n) is 9.30. The highest BCUT2D eigenvalue weighted by molar-refractivity contribution is 5.89. The number of hydroxylamine groups is 1. The predicted molar refractivity (Wildman–Crippen MR) is 95.6 cm³/mol. The average molecular weight is 347 g/mol. The number of hydrogen-bond acceptors (Lipinski definition) is 4. The molecule has 1 amide bonds. The van der Waals surface area contributed by atoms with Crippen molar-refractivity contribution in [1.82, 2.24) is 5.48 Å². The Balaban J connectivity index is 1.79. The highest BCUT2D eigenvalue weighted by Crippen LogP contribution is 2.23. The predicted octanol–water partition coefficient (Wildman–Crippen LogP) is 3.57. The molecule has 1 aromatic rings. The number of ketones is 1. The van der Waals surface area contributed by atoms with Gasteiger partial charge < -0.3 is 4.74 Å². The van der Waals surface area contributed by atoms with Crippen LogP contribution in [0.1, 0.15) is 57.4 Å². The Morgan fingerprint density at radius 3 is 2.76 bits per heavy atom. The number of carbonyl (C=O) groups is 2. The van der Waals surface area contributed by atoms with Gasteiger partial charge in [0.05, 0.1) is 6.61 Å². The largest absolute Gasteiger partial charge is 0.370 e. The molecule has 1 heterocycles. The molecule has 0 radical (unpaired) electrons. The fourth-order valence-corrected chi connectivity index (χ4v) is 3.09. The highest BCUT2D eigenvalue weighted by atomic mass is 16.6.